The topological polar surface area (TPSA) is 128 Å². The van der Waals surface area contributed by atoms with Gasteiger partial charge in [0, 0.05) is 25.0 Å². The third-order valence-electron chi connectivity index (χ3n) is 7.85. The number of sulfonamides is 1. The van der Waals surface area contributed by atoms with E-state index in [1.54, 1.807) is 12.1 Å². The molecule has 4 heterocycles. The fourth-order valence-corrected chi connectivity index (χ4v) is 6.42. The molecule has 1 amide bonds. The van der Waals surface area contributed by atoms with E-state index in [9.17, 15) is 22.0 Å². The molecule has 1 aromatic carbocycles. The van der Waals surface area contributed by atoms with Gasteiger partial charge in [-0.3, -0.25) is 4.79 Å². The number of piperidine rings is 1. The van der Waals surface area contributed by atoms with Gasteiger partial charge in [0.2, 0.25) is 10.0 Å². The number of carbonyl (C=O) groups is 1. The Kier molecular flexibility index (Phi) is 6.27. The molecule has 0 unspecified atom stereocenters. The number of carbonyl (C=O) groups excluding carboxylic acids is 1. The standard InChI is InChI=1S/C26H29F2N5O5S/c27-26(28)15-33(16-26)23-22-17(3-12-38-22)13-21(30-23)31-24(35)19-2-1-18(39(36,37)29-8-11-34)14-20(19)32-9-6-25(4-5-25)7-10-32/h1-3,12-14,29,34H,4-11,15-16H2,(H,30,31,35). The first-order valence-electron chi connectivity index (χ1n) is 12.9. The molecule has 3 aliphatic rings. The summed E-state index contributed by atoms with van der Waals surface area (Å²) in [6.45, 7) is -0.0612. The summed E-state index contributed by atoms with van der Waals surface area (Å²) in [6.07, 6.45) is 5.76. The van der Waals surface area contributed by atoms with Gasteiger partial charge in [0.1, 0.15) is 5.82 Å². The molecule has 1 saturated carbocycles. The SMILES string of the molecule is O=C(Nc1cc2ccoc2c(N2CC(F)(F)C2)n1)c1ccc(S(=O)(=O)NCCO)cc1N1CCC2(CC1)CC2. The fourth-order valence-electron chi connectivity index (χ4n) is 5.38. The lowest BCUT2D eigenvalue weighted by Gasteiger charge is -2.39. The van der Waals surface area contributed by atoms with E-state index in [0.29, 0.717) is 35.2 Å². The molecule has 0 atom stereocenters. The van der Waals surface area contributed by atoms with Gasteiger partial charge in [0.05, 0.1) is 42.1 Å². The number of amides is 1. The van der Waals surface area contributed by atoms with Crippen LogP contribution < -0.4 is 19.8 Å². The number of halogens is 2. The molecular weight excluding hydrogens is 532 g/mol. The van der Waals surface area contributed by atoms with Crippen LogP contribution >= 0.6 is 0 Å². The summed E-state index contributed by atoms with van der Waals surface area (Å²) in [6, 6.07) is 7.57. The van der Waals surface area contributed by atoms with Crippen molar-refractivity contribution < 1.29 is 31.5 Å². The van der Waals surface area contributed by atoms with Crippen molar-refractivity contribution in [1.82, 2.24) is 9.71 Å². The number of benzene rings is 1. The van der Waals surface area contributed by atoms with Gasteiger partial charge in [-0.05, 0) is 61.4 Å². The van der Waals surface area contributed by atoms with Gasteiger partial charge in [-0.25, -0.2) is 26.9 Å². The van der Waals surface area contributed by atoms with Gasteiger partial charge in [0.25, 0.3) is 11.8 Å². The van der Waals surface area contributed by atoms with Crippen molar-refractivity contribution in [2.24, 2.45) is 5.41 Å². The van der Waals surface area contributed by atoms with Crippen LogP contribution in [0, 0.1) is 5.41 Å². The lowest BCUT2D eigenvalue weighted by atomic mass is 9.93. The minimum Gasteiger partial charge on any atom is -0.460 e. The van der Waals surface area contributed by atoms with E-state index in [-0.39, 0.29) is 35.2 Å². The van der Waals surface area contributed by atoms with E-state index < -0.39 is 34.9 Å². The highest BCUT2D eigenvalue weighted by Crippen LogP contribution is 2.54. The van der Waals surface area contributed by atoms with Gasteiger partial charge in [-0.15, -0.1) is 0 Å². The third kappa shape index (κ3) is 5.06. The largest absolute Gasteiger partial charge is 0.460 e. The number of furan rings is 1. The Labute approximate surface area is 224 Å². The van der Waals surface area contributed by atoms with Crippen LogP contribution in [-0.4, -0.2) is 69.7 Å². The average Bonchev–Trinajstić information content (AvgIpc) is 3.47. The Hall–Kier alpha value is -3.29. The first-order valence-corrected chi connectivity index (χ1v) is 14.4. The van der Waals surface area contributed by atoms with E-state index >= 15 is 0 Å². The summed E-state index contributed by atoms with van der Waals surface area (Å²) < 4.78 is 60.5. The van der Waals surface area contributed by atoms with Crippen molar-refractivity contribution in [3.05, 3.63) is 42.2 Å². The maximum Gasteiger partial charge on any atom is 0.282 e. The van der Waals surface area contributed by atoms with Crippen LogP contribution in [0.15, 0.2) is 45.9 Å². The average molecular weight is 562 g/mol. The molecule has 0 bridgehead atoms. The predicted octanol–water partition coefficient (Wildman–Crippen LogP) is 3.19. The number of aliphatic hydroxyl groups is 1. The summed E-state index contributed by atoms with van der Waals surface area (Å²) in [5.74, 6) is -2.92. The van der Waals surface area contributed by atoms with E-state index in [1.165, 1.54) is 42.2 Å². The maximum absolute atomic E-state index is 13.6. The number of alkyl halides is 2. The molecule has 2 saturated heterocycles. The van der Waals surface area contributed by atoms with Crippen molar-refractivity contribution in [1.29, 1.82) is 0 Å². The molecule has 6 rings (SSSR count). The van der Waals surface area contributed by atoms with Crippen LogP contribution in [0.2, 0.25) is 0 Å². The van der Waals surface area contributed by atoms with Gasteiger partial charge in [-0.2, -0.15) is 0 Å². The number of nitrogens with one attached hydrogen (secondary N) is 2. The zero-order valence-corrected chi connectivity index (χ0v) is 21.9. The number of anilines is 3. The molecule has 1 aliphatic carbocycles. The molecule has 208 valence electrons. The highest BCUT2D eigenvalue weighted by atomic mass is 32.2. The minimum atomic E-state index is -3.89. The first-order chi connectivity index (χ1) is 18.6. The number of hydrogen-bond acceptors (Lipinski definition) is 8. The zero-order chi connectivity index (χ0) is 27.4. The second kappa shape index (κ2) is 9.42. The van der Waals surface area contributed by atoms with Crippen LogP contribution in [0.5, 0.6) is 0 Å². The number of aromatic nitrogens is 1. The summed E-state index contributed by atoms with van der Waals surface area (Å²) >= 11 is 0. The lowest BCUT2D eigenvalue weighted by Crippen LogP contribution is -2.56. The lowest BCUT2D eigenvalue weighted by molar-refractivity contribution is -0.0266. The van der Waals surface area contributed by atoms with Gasteiger partial charge >= 0.3 is 0 Å². The molecule has 10 nitrogen and oxygen atoms in total. The van der Waals surface area contributed by atoms with Crippen LogP contribution in [0.4, 0.5) is 26.1 Å². The van der Waals surface area contributed by atoms with Gasteiger partial charge in [0.15, 0.2) is 11.4 Å². The molecule has 3 N–H and O–H groups in total. The molecule has 1 spiro atoms. The van der Waals surface area contributed by atoms with Crippen molar-refractivity contribution in [2.45, 2.75) is 36.5 Å². The summed E-state index contributed by atoms with van der Waals surface area (Å²) in [5.41, 5.74) is 1.49. The number of pyridine rings is 1. The Bertz CT molecular complexity index is 1520. The maximum atomic E-state index is 13.6. The van der Waals surface area contributed by atoms with Crippen molar-refractivity contribution in [3.8, 4) is 0 Å². The zero-order valence-electron chi connectivity index (χ0n) is 21.1. The van der Waals surface area contributed by atoms with Crippen LogP contribution in [-0.2, 0) is 10.0 Å². The van der Waals surface area contributed by atoms with Crippen molar-refractivity contribution in [2.75, 3.05) is 54.4 Å². The number of hydrogen-bond donors (Lipinski definition) is 3. The van der Waals surface area contributed by atoms with Gasteiger partial charge in [-0.1, -0.05) is 0 Å². The summed E-state index contributed by atoms with van der Waals surface area (Å²) in [5, 5.41) is 12.4. The normalized spacial score (nSPS) is 19.8. The van der Waals surface area contributed by atoms with Crippen molar-refractivity contribution >= 4 is 44.2 Å². The van der Waals surface area contributed by atoms with Crippen LogP contribution in [0.3, 0.4) is 0 Å². The minimum absolute atomic E-state index is 0.00634. The Morgan fingerprint density at radius 2 is 1.82 bits per heavy atom. The van der Waals surface area contributed by atoms with E-state index in [4.69, 9.17) is 9.52 Å². The Morgan fingerprint density at radius 3 is 2.49 bits per heavy atom. The quantitative estimate of drug-likeness (QED) is 0.383. The van der Waals surface area contributed by atoms with Crippen LogP contribution in [0.25, 0.3) is 11.0 Å². The van der Waals surface area contributed by atoms with E-state index in [0.717, 1.165) is 12.8 Å². The second-order valence-electron chi connectivity index (χ2n) is 10.6. The number of fused-ring (bicyclic) bond motifs is 1. The van der Waals surface area contributed by atoms with Crippen molar-refractivity contribution in [3.63, 3.8) is 0 Å². The summed E-state index contributed by atoms with van der Waals surface area (Å²) in [7, 11) is -3.89. The first kappa shape index (κ1) is 26.0. The molecule has 3 fully saturated rings. The summed E-state index contributed by atoms with van der Waals surface area (Å²) in [4.78, 5) is 21.4. The van der Waals surface area contributed by atoms with Gasteiger partial charge < -0.3 is 24.6 Å². The highest BCUT2D eigenvalue weighted by molar-refractivity contribution is 7.89. The molecule has 2 aromatic heterocycles. The Balaban J connectivity index is 1.31. The van der Waals surface area contributed by atoms with E-state index in [2.05, 4.69) is 15.0 Å². The third-order valence-corrected chi connectivity index (χ3v) is 9.31. The molecule has 2 aliphatic heterocycles. The molecular formula is C26H29F2N5O5S. The van der Waals surface area contributed by atoms with Crippen LogP contribution in [0.1, 0.15) is 36.0 Å². The number of aliphatic hydroxyl groups excluding tert-OH is 1. The second-order valence-corrected chi connectivity index (χ2v) is 12.4. The number of nitrogens with zero attached hydrogens (tertiary/aromatic N) is 3. The predicted molar refractivity (Wildman–Crippen MR) is 141 cm³/mol. The molecule has 0 radical (unpaired) electrons. The van der Waals surface area contributed by atoms with E-state index in [1.807, 2.05) is 4.90 Å². The molecule has 13 heteroatoms. The highest BCUT2D eigenvalue weighted by Gasteiger charge is 2.46. The number of rotatable bonds is 8. The molecule has 3 aromatic rings. The fraction of sp³-hybridized carbons (Fsp3) is 0.462. The molecule has 39 heavy (non-hydrogen) atoms. The Morgan fingerprint density at radius 1 is 1.08 bits per heavy atom. The monoisotopic (exact) mass is 561 g/mol. The smallest absolute Gasteiger partial charge is 0.282 e.